The van der Waals surface area contributed by atoms with Crippen molar-refractivity contribution < 1.29 is 0 Å². The van der Waals surface area contributed by atoms with Gasteiger partial charge >= 0.3 is 0 Å². The van der Waals surface area contributed by atoms with Crippen LogP contribution in [0.1, 0.15) is 16.7 Å². The molecule has 0 heterocycles. The van der Waals surface area contributed by atoms with Crippen LogP contribution in [0.25, 0.3) is 0 Å². The van der Waals surface area contributed by atoms with Gasteiger partial charge in [-0.3, -0.25) is 0 Å². The van der Waals surface area contributed by atoms with Crippen molar-refractivity contribution in [3.05, 3.63) is 53.1 Å². The van der Waals surface area contributed by atoms with Gasteiger partial charge in [0.2, 0.25) is 7.38 Å². The predicted molar refractivity (Wildman–Crippen MR) is 190 cm³/mol. The summed E-state index contributed by atoms with van der Waals surface area (Å²) in [6.07, 6.45) is 0. The highest BCUT2D eigenvalue weighted by molar-refractivity contribution is 7.41. The van der Waals surface area contributed by atoms with Crippen molar-refractivity contribution in [3.63, 3.8) is 0 Å². The zero-order valence-electron chi connectivity index (χ0n) is 28.0. The maximum atomic E-state index is 8.52. The molecule has 0 aliphatic rings. The molecule has 0 spiro atoms. The van der Waals surface area contributed by atoms with Crippen LogP contribution in [0.5, 0.6) is 0 Å². The minimum absolute atomic E-state index is 1.15. The zero-order valence-corrected chi connectivity index (χ0v) is 29.8. The molecule has 0 atom stereocenters. The summed E-state index contributed by atoms with van der Waals surface area (Å²) in [6.45, 7) is 6.72. The van der Waals surface area contributed by atoms with Gasteiger partial charge in [-0.15, -0.1) is 11.1 Å². The fraction of sp³-hybridized carbons (Fsp3) is 0.455. The van der Waals surface area contributed by atoms with Crippen LogP contribution < -0.4 is 45.0 Å². The highest BCUT2D eigenvalue weighted by Crippen LogP contribution is 2.33. The lowest BCUT2D eigenvalue weighted by Crippen LogP contribution is -2.65. The average molecular weight is 595 g/mol. The van der Waals surface area contributed by atoms with Crippen LogP contribution in [0.3, 0.4) is 0 Å². The Kier molecular flexibility index (Phi) is 9.56. The highest BCUT2D eigenvalue weighted by atomic mass is 35.6. The second kappa shape index (κ2) is 12.1. The normalized spacial score (nSPS) is 11.4. The molecule has 0 N–H and O–H groups in total. The Bertz CT molecular complexity index is 1240. The summed E-state index contributed by atoms with van der Waals surface area (Å²) in [7, 11) is 22.2. The predicted octanol–water partition coefficient (Wildman–Crippen LogP) is 4.21. The number of anilines is 6. The highest BCUT2D eigenvalue weighted by Gasteiger charge is 2.44. The number of nitrogens with zero attached hydrogens (tertiary/aromatic N) is 6. The first-order valence-corrected chi connectivity index (χ1v) is 17.1. The number of benzene rings is 3. The first kappa shape index (κ1) is 32.5. The molecule has 3 rings (SSSR count). The Morgan fingerprint density at radius 2 is 0.610 bits per heavy atom. The first-order chi connectivity index (χ1) is 18.9. The van der Waals surface area contributed by atoms with Crippen molar-refractivity contribution in [1.82, 2.24) is 0 Å². The molecule has 0 unspecified atom stereocenters. The monoisotopic (exact) mass is 594 g/mol. The van der Waals surface area contributed by atoms with E-state index in [1.807, 2.05) is 0 Å². The van der Waals surface area contributed by atoms with Crippen LogP contribution in [0.15, 0.2) is 36.4 Å². The van der Waals surface area contributed by atoms with Crippen LogP contribution in [-0.2, 0) is 0 Å². The van der Waals surface area contributed by atoms with E-state index >= 15 is 0 Å². The SMILES string of the molecule is Cc1c(N(C)C)cc(N(C)C)cc1[Si](Cl)(c1cc(N(C)C)cc(N(C)C)c1C)c1cc(N(C)C)cc(N(C)C)c1C. The van der Waals surface area contributed by atoms with Crippen molar-refractivity contribution in [2.24, 2.45) is 0 Å². The molecular formula is C33H51ClN6Si. The van der Waals surface area contributed by atoms with Gasteiger partial charge in [0.1, 0.15) is 0 Å². The molecule has 0 radical (unpaired) electrons. The quantitative estimate of drug-likeness (QED) is 0.208. The number of hydrogen-bond donors (Lipinski definition) is 0. The smallest absolute Gasteiger partial charge is 0.249 e. The molecule has 0 aliphatic heterocycles. The summed E-state index contributed by atoms with van der Waals surface area (Å²) in [5, 5.41) is 3.67. The molecule has 0 aromatic heterocycles. The van der Waals surface area contributed by atoms with Crippen LogP contribution in [0.2, 0.25) is 0 Å². The molecule has 0 aliphatic carbocycles. The van der Waals surface area contributed by atoms with E-state index in [2.05, 4.69) is 171 Å². The molecule has 0 saturated heterocycles. The average Bonchev–Trinajstić information content (AvgIpc) is 2.87. The van der Waals surface area contributed by atoms with Crippen molar-refractivity contribution >= 4 is 68.1 Å². The van der Waals surface area contributed by atoms with Gasteiger partial charge in [-0.2, -0.15) is 0 Å². The molecule has 41 heavy (non-hydrogen) atoms. The number of rotatable bonds is 9. The van der Waals surface area contributed by atoms with Crippen molar-refractivity contribution in [3.8, 4) is 0 Å². The third kappa shape index (κ3) is 5.98. The van der Waals surface area contributed by atoms with Crippen LogP contribution in [0, 0.1) is 20.8 Å². The Morgan fingerprint density at radius 1 is 0.390 bits per heavy atom. The lowest BCUT2D eigenvalue weighted by molar-refractivity contribution is 1.09. The Hall–Kier alpha value is -3.03. The summed E-state index contributed by atoms with van der Waals surface area (Å²) in [5.41, 5.74) is 10.7. The van der Waals surface area contributed by atoms with Gasteiger partial charge in [-0.25, -0.2) is 0 Å². The van der Waals surface area contributed by atoms with Gasteiger partial charge < -0.3 is 29.4 Å². The first-order valence-electron chi connectivity index (χ1n) is 14.1. The Balaban J connectivity index is 2.70. The van der Waals surface area contributed by atoms with Gasteiger partial charge in [0.15, 0.2) is 0 Å². The zero-order chi connectivity index (χ0) is 31.1. The number of halogens is 1. The topological polar surface area (TPSA) is 19.4 Å². The van der Waals surface area contributed by atoms with E-state index in [-0.39, 0.29) is 0 Å². The maximum Gasteiger partial charge on any atom is 0.249 e. The fourth-order valence-electron chi connectivity index (χ4n) is 5.73. The molecule has 0 amide bonds. The third-order valence-corrected chi connectivity index (χ3v) is 13.8. The van der Waals surface area contributed by atoms with Crippen molar-refractivity contribution in [2.45, 2.75) is 20.8 Å². The lowest BCUT2D eigenvalue weighted by Gasteiger charge is -2.36. The third-order valence-electron chi connectivity index (χ3n) is 8.20. The van der Waals surface area contributed by atoms with Crippen molar-refractivity contribution in [2.75, 3.05) is 114 Å². The maximum absolute atomic E-state index is 8.52. The molecule has 0 bridgehead atoms. The Labute approximate surface area is 255 Å². The lowest BCUT2D eigenvalue weighted by atomic mass is 10.1. The fourth-order valence-corrected chi connectivity index (χ4v) is 11.3. The molecule has 3 aromatic rings. The van der Waals surface area contributed by atoms with Gasteiger partial charge in [-0.05, 0) is 89.4 Å². The van der Waals surface area contributed by atoms with E-state index in [1.165, 1.54) is 49.3 Å². The Morgan fingerprint density at radius 3 is 0.780 bits per heavy atom. The van der Waals surface area contributed by atoms with Gasteiger partial charge in [0, 0.05) is 119 Å². The van der Waals surface area contributed by atoms with Crippen molar-refractivity contribution in [1.29, 1.82) is 0 Å². The minimum Gasteiger partial charge on any atom is -0.378 e. The van der Waals surface area contributed by atoms with Crippen LogP contribution >= 0.6 is 11.1 Å². The molecule has 8 heteroatoms. The van der Waals surface area contributed by atoms with E-state index in [0.717, 1.165) is 17.1 Å². The minimum atomic E-state index is -3.16. The summed E-state index contributed by atoms with van der Waals surface area (Å²) in [5.74, 6) is 0. The largest absolute Gasteiger partial charge is 0.378 e. The van der Waals surface area contributed by atoms with E-state index in [0.29, 0.717) is 0 Å². The summed E-state index contributed by atoms with van der Waals surface area (Å²) >= 11 is 8.52. The standard InChI is InChI=1S/C33H51ClN6Si/c1-22-28(38(10)11)16-25(35(4)5)19-31(22)41(34,32-20-26(36(6)7)17-29(23(32)2)39(12)13)33-21-27(37(8)9)18-30(24(33)3)40(14)15/h16-21H,1-15H3. The second-order valence-electron chi connectivity index (χ2n) is 12.4. The molecule has 3 aromatic carbocycles. The molecular weight excluding hydrogens is 544 g/mol. The van der Waals surface area contributed by atoms with Gasteiger partial charge in [0.25, 0.3) is 0 Å². The van der Waals surface area contributed by atoms with E-state index in [4.69, 9.17) is 11.1 Å². The van der Waals surface area contributed by atoms with Crippen LogP contribution in [0.4, 0.5) is 34.1 Å². The molecule has 224 valence electrons. The van der Waals surface area contributed by atoms with Gasteiger partial charge in [0.05, 0.1) is 0 Å². The summed E-state index contributed by atoms with van der Waals surface area (Å²) in [6, 6.07) is 13.8. The number of hydrogen-bond acceptors (Lipinski definition) is 6. The van der Waals surface area contributed by atoms with E-state index in [9.17, 15) is 0 Å². The summed E-state index contributed by atoms with van der Waals surface area (Å²) < 4.78 is 0. The molecule has 6 nitrogen and oxygen atoms in total. The summed E-state index contributed by atoms with van der Waals surface area (Å²) in [4.78, 5) is 13.2. The molecule has 0 fully saturated rings. The molecule has 0 saturated carbocycles. The van der Waals surface area contributed by atoms with E-state index in [1.54, 1.807) is 0 Å². The van der Waals surface area contributed by atoms with E-state index < -0.39 is 7.38 Å². The second-order valence-corrected chi connectivity index (χ2v) is 17.1. The van der Waals surface area contributed by atoms with Crippen LogP contribution in [-0.4, -0.2) is 92.0 Å². The van der Waals surface area contributed by atoms with Gasteiger partial charge in [-0.1, -0.05) is 0 Å².